The van der Waals surface area contributed by atoms with Crippen LogP contribution >= 0.6 is 0 Å². The fraction of sp³-hybridized carbons (Fsp3) is 0.636. The molecular weight excluding hydrogens is 174 g/mol. The highest BCUT2D eigenvalue weighted by molar-refractivity contribution is 5.30. The zero-order valence-electron chi connectivity index (χ0n) is 8.88. The number of anilines is 1. The highest BCUT2D eigenvalue weighted by Crippen LogP contribution is 2.36. The second kappa shape index (κ2) is 3.56. The Balaban J connectivity index is 2.06. The number of rotatable bonds is 3. The van der Waals surface area contributed by atoms with Crippen LogP contribution in [0.3, 0.4) is 0 Å². The molecule has 1 saturated carbocycles. The van der Waals surface area contributed by atoms with Crippen molar-refractivity contribution in [2.45, 2.75) is 45.1 Å². The maximum atomic E-state index is 4.27. The average Bonchev–Trinajstić information content (AvgIpc) is 2.15. The SMILES string of the molecule is CCC1(Nc2ncc(C)cn2)CCC1. The van der Waals surface area contributed by atoms with Crippen molar-refractivity contribution in [3.8, 4) is 0 Å². The maximum absolute atomic E-state index is 4.27. The van der Waals surface area contributed by atoms with Gasteiger partial charge in [0, 0.05) is 17.9 Å². The predicted octanol–water partition coefficient (Wildman–Crippen LogP) is 2.53. The molecule has 1 heterocycles. The van der Waals surface area contributed by atoms with Gasteiger partial charge < -0.3 is 5.32 Å². The summed E-state index contributed by atoms with van der Waals surface area (Å²) < 4.78 is 0. The highest BCUT2D eigenvalue weighted by atomic mass is 15.1. The molecule has 3 nitrogen and oxygen atoms in total. The molecule has 0 aliphatic heterocycles. The minimum atomic E-state index is 0.287. The molecule has 1 N–H and O–H groups in total. The highest BCUT2D eigenvalue weighted by Gasteiger charge is 2.35. The third-order valence-electron chi connectivity index (χ3n) is 3.15. The molecule has 0 radical (unpaired) electrons. The van der Waals surface area contributed by atoms with E-state index in [4.69, 9.17) is 0 Å². The van der Waals surface area contributed by atoms with E-state index >= 15 is 0 Å². The Morgan fingerprint density at radius 2 is 2.00 bits per heavy atom. The third kappa shape index (κ3) is 1.72. The van der Waals surface area contributed by atoms with Crippen molar-refractivity contribution in [2.75, 3.05) is 5.32 Å². The third-order valence-corrected chi connectivity index (χ3v) is 3.15. The van der Waals surface area contributed by atoms with Crippen LogP contribution in [0, 0.1) is 6.92 Å². The van der Waals surface area contributed by atoms with Crippen LogP contribution in [0.1, 0.15) is 38.2 Å². The van der Waals surface area contributed by atoms with E-state index in [1.165, 1.54) is 19.3 Å². The van der Waals surface area contributed by atoms with Crippen LogP contribution in [-0.4, -0.2) is 15.5 Å². The number of hydrogen-bond donors (Lipinski definition) is 1. The van der Waals surface area contributed by atoms with Gasteiger partial charge >= 0.3 is 0 Å². The monoisotopic (exact) mass is 191 g/mol. The number of aromatic nitrogens is 2. The first kappa shape index (κ1) is 9.44. The van der Waals surface area contributed by atoms with Gasteiger partial charge in [-0.25, -0.2) is 9.97 Å². The topological polar surface area (TPSA) is 37.8 Å². The normalized spacial score (nSPS) is 18.7. The molecule has 3 heteroatoms. The largest absolute Gasteiger partial charge is 0.349 e. The van der Waals surface area contributed by atoms with E-state index in [9.17, 15) is 0 Å². The zero-order chi connectivity index (χ0) is 10.0. The Kier molecular flexibility index (Phi) is 2.40. The Hall–Kier alpha value is -1.12. The summed E-state index contributed by atoms with van der Waals surface area (Å²) in [6.07, 6.45) is 8.70. The van der Waals surface area contributed by atoms with Crippen LogP contribution in [0.5, 0.6) is 0 Å². The van der Waals surface area contributed by atoms with Gasteiger partial charge in [-0.1, -0.05) is 6.92 Å². The molecule has 1 aromatic heterocycles. The van der Waals surface area contributed by atoms with Crippen LogP contribution < -0.4 is 5.32 Å². The molecule has 76 valence electrons. The summed E-state index contributed by atoms with van der Waals surface area (Å²) in [5.41, 5.74) is 1.39. The molecule has 0 amide bonds. The predicted molar refractivity (Wildman–Crippen MR) is 57.3 cm³/mol. The van der Waals surface area contributed by atoms with Crippen LogP contribution in [0.4, 0.5) is 5.95 Å². The lowest BCUT2D eigenvalue weighted by molar-refractivity contribution is 0.268. The summed E-state index contributed by atoms with van der Waals surface area (Å²) in [4.78, 5) is 8.54. The van der Waals surface area contributed by atoms with Crippen LogP contribution in [0.2, 0.25) is 0 Å². The van der Waals surface area contributed by atoms with Crippen molar-refractivity contribution in [1.82, 2.24) is 9.97 Å². The summed E-state index contributed by atoms with van der Waals surface area (Å²) in [6, 6.07) is 0. The van der Waals surface area contributed by atoms with Crippen molar-refractivity contribution in [1.29, 1.82) is 0 Å². The maximum Gasteiger partial charge on any atom is 0.223 e. The number of hydrogen-bond acceptors (Lipinski definition) is 3. The molecule has 0 unspecified atom stereocenters. The molecule has 0 spiro atoms. The van der Waals surface area contributed by atoms with Gasteiger partial charge in [0.25, 0.3) is 0 Å². The molecular formula is C11H17N3. The van der Waals surface area contributed by atoms with Crippen LogP contribution in [-0.2, 0) is 0 Å². The second-order valence-electron chi connectivity index (χ2n) is 4.20. The van der Waals surface area contributed by atoms with E-state index in [-0.39, 0.29) is 5.54 Å². The quantitative estimate of drug-likeness (QED) is 0.797. The van der Waals surface area contributed by atoms with Gasteiger partial charge in [-0.15, -0.1) is 0 Å². The van der Waals surface area contributed by atoms with Crippen molar-refractivity contribution < 1.29 is 0 Å². The first-order chi connectivity index (χ1) is 6.74. The summed E-state index contributed by atoms with van der Waals surface area (Å²) in [6.45, 7) is 4.23. The Labute approximate surface area is 85.0 Å². The smallest absolute Gasteiger partial charge is 0.223 e. The molecule has 1 aliphatic rings. The van der Waals surface area contributed by atoms with Gasteiger partial charge in [0.15, 0.2) is 0 Å². The molecule has 0 atom stereocenters. The molecule has 1 fully saturated rings. The van der Waals surface area contributed by atoms with Gasteiger partial charge in [-0.05, 0) is 38.2 Å². The lowest BCUT2D eigenvalue weighted by Gasteiger charge is -2.41. The zero-order valence-corrected chi connectivity index (χ0v) is 8.88. The van der Waals surface area contributed by atoms with E-state index in [0.29, 0.717) is 0 Å². The Morgan fingerprint density at radius 1 is 1.36 bits per heavy atom. The summed E-state index contributed by atoms with van der Waals surface area (Å²) >= 11 is 0. The molecule has 1 aliphatic carbocycles. The standard InChI is InChI=1S/C11H17N3/c1-3-11(5-4-6-11)14-10-12-7-9(2)8-13-10/h7-8H,3-6H2,1-2H3,(H,12,13,14). The van der Waals surface area contributed by atoms with Crippen molar-refractivity contribution in [2.24, 2.45) is 0 Å². The molecule has 2 rings (SSSR count). The Morgan fingerprint density at radius 3 is 2.43 bits per heavy atom. The van der Waals surface area contributed by atoms with E-state index in [1.807, 2.05) is 19.3 Å². The minimum Gasteiger partial charge on any atom is -0.349 e. The van der Waals surface area contributed by atoms with Gasteiger partial charge in [0.05, 0.1) is 0 Å². The number of nitrogens with one attached hydrogen (secondary N) is 1. The average molecular weight is 191 g/mol. The fourth-order valence-electron chi connectivity index (χ4n) is 1.86. The summed E-state index contributed by atoms with van der Waals surface area (Å²) in [5.74, 6) is 0.775. The molecule has 1 aromatic rings. The minimum absolute atomic E-state index is 0.287. The van der Waals surface area contributed by atoms with Crippen molar-refractivity contribution in [3.05, 3.63) is 18.0 Å². The van der Waals surface area contributed by atoms with Gasteiger partial charge in [0.2, 0.25) is 5.95 Å². The molecule has 0 saturated heterocycles. The Bertz CT molecular complexity index is 295. The van der Waals surface area contributed by atoms with Crippen LogP contribution in [0.15, 0.2) is 12.4 Å². The van der Waals surface area contributed by atoms with Gasteiger partial charge in [0.1, 0.15) is 0 Å². The molecule has 0 aromatic carbocycles. The molecule has 0 bridgehead atoms. The first-order valence-electron chi connectivity index (χ1n) is 5.31. The van der Waals surface area contributed by atoms with Gasteiger partial charge in [-0.2, -0.15) is 0 Å². The summed E-state index contributed by atoms with van der Waals surface area (Å²) in [7, 11) is 0. The number of aryl methyl sites for hydroxylation is 1. The van der Waals surface area contributed by atoms with Crippen LogP contribution in [0.25, 0.3) is 0 Å². The molecule has 14 heavy (non-hydrogen) atoms. The van der Waals surface area contributed by atoms with E-state index in [0.717, 1.165) is 17.9 Å². The second-order valence-corrected chi connectivity index (χ2v) is 4.20. The van der Waals surface area contributed by atoms with E-state index < -0.39 is 0 Å². The van der Waals surface area contributed by atoms with Crippen molar-refractivity contribution >= 4 is 5.95 Å². The van der Waals surface area contributed by atoms with Gasteiger partial charge in [-0.3, -0.25) is 0 Å². The van der Waals surface area contributed by atoms with E-state index in [2.05, 4.69) is 22.2 Å². The lowest BCUT2D eigenvalue weighted by Crippen LogP contribution is -2.44. The first-order valence-corrected chi connectivity index (χ1v) is 5.31. The lowest BCUT2D eigenvalue weighted by atomic mass is 9.75. The fourth-order valence-corrected chi connectivity index (χ4v) is 1.86. The van der Waals surface area contributed by atoms with Crippen molar-refractivity contribution in [3.63, 3.8) is 0 Å². The summed E-state index contributed by atoms with van der Waals surface area (Å²) in [5, 5.41) is 3.45. The number of nitrogens with zero attached hydrogens (tertiary/aromatic N) is 2. The van der Waals surface area contributed by atoms with E-state index in [1.54, 1.807) is 0 Å².